The molecule has 3 heterocycles. The molecule has 0 bridgehead atoms. The third-order valence-corrected chi connectivity index (χ3v) is 6.67. The van der Waals surface area contributed by atoms with Gasteiger partial charge in [0.25, 0.3) is 0 Å². The molecule has 0 saturated heterocycles. The summed E-state index contributed by atoms with van der Waals surface area (Å²) in [7, 11) is 0. The van der Waals surface area contributed by atoms with E-state index < -0.39 is 0 Å². The molecule has 3 rings (SSSR count). The van der Waals surface area contributed by atoms with Gasteiger partial charge in [-0.3, -0.25) is 9.59 Å². The Morgan fingerprint density at radius 2 is 2.11 bits per heavy atom. The van der Waals surface area contributed by atoms with Crippen LogP contribution in [0.5, 0.6) is 0 Å². The van der Waals surface area contributed by atoms with Crippen LogP contribution in [0.4, 0.5) is 0 Å². The number of aryl methyl sites for hydroxylation is 1. The van der Waals surface area contributed by atoms with Gasteiger partial charge in [-0.05, 0) is 6.92 Å². The van der Waals surface area contributed by atoms with Crippen molar-refractivity contribution < 1.29 is 9.59 Å². The van der Waals surface area contributed by atoms with Crippen molar-refractivity contribution >= 4 is 34.9 Å². The van der Waals surface area contributed by atoms with Crippen LogP contribution in [0.2, 0.25) is 0 Å². The number of fused-ring (bicyclic) bond motifs is 1. The minimum absolute atomic E-state index is 0.0266. The second-order valence-electron chi connectivity index (χ2n) is 7.05. The van der Waals surface area contributed by atoms with E-state index in [4.69, 9.17) is 0 Å². The van der Waals surface area contributed by atoms with Gasteiger partial charge in [-0.25, -0.2) is 4.98 Å². The fourth-order valence-electron chi connectivity index (χ4n) is 2.93. The van der Waals surface area contributed by atoms with Crippen LogP contribution in [0.15, 0.2) is 9.72 Å². The third kappa shape index (κ3) is 5.32. The minimum atomic E-state index is -0.0266. The molecule has 0 radical (unpaired) electrons. The van der Waals surface area contributed by atoms with Gasteiger partial charge in [0.1, 0.15) is 11.6 Å². The van der Waals surface area contributed by atoms with Crippen LogP contribution < -0.4 is 5.32 Å². The lowest BCUT2D eigenvalue weighted by molar-refractivity contribution is -0.128. The average Bonchev–Trinajstić information content (AvgIpc) is 3.19. The molecule has 0 aliphatic carbocycles. The molecule has 0 atom stereocenters. The lowest BCUT2D eigenvalue weighted by atomic mass is 10.2. The Kier molecular flexibility index (Phi) is 7.06. The van der Waals surface area contributed by atoms with Crippen LogP contribution >= 0.6 is 23.1 Å². The van der Waals surface area contributed by atoms with Crippen molar-refractivity contribution in [3.63, 3.8) is 0 Å². The summed E-state index contributed by atoms with van der Waals surface area (Å²) in [5.74, 6) is 2.32. The molecule has 0 aromatic carbocycles. The number of carbonyl (C=O) groups excluding carboxylic acids is 2. The standard InChI is InChI=1S/C18H26N6O2S2/c1-12(2)17(26)19-6-4-14-21-22-15-5-7-23(8-9-24(14)15)16(25)11-28-18-20-13(3)10-27-18/h10,12H,4-9,11H2,1-3H3,(H,19,26). The number of nitrogens with one attached hydrogen (secondary N) is 1. The highest BCUT2D eigenvalue weighted by Crippen LogP contribution is 2.23. The summed E-state index contributed by atoms with van der Waals surface area (Å²) in [5, 5.41) is 13.5. The Labute approximate surface area is 173 Å². The van der Waals surface area contributed by atoms with Gasteiger partial charge in [-0.15, -0.1) is 21.5 Å². The molecular weight excluding hydrogens is 396 g/mol. The van der Waals surface area contributed by atoms with Crippen LogP contribution in [0, 0.1) is 12.8 Å². The molecule has 1 N–H and O–H groups in total. The van der Waals surface area contributed by atoms with Gasteiger partial charge < -0.3 is 14.8 Å². The second-order valence-corrected chi connectivity index (χ2v) is 9.13. The molecule has 10 heteroatoms. The van der Waals surface area contributed by atoms with Crippen LogP contribution in [-0.2, 0) is 29.0 Å². The zero-order chi connectivity index (χ0) is 20.1. The van der Waals surface area contributed by atoms with E-state index in [-0.39, 0.29) is 17.7 Å². The van der Waals surface area contributed by atoms with Gasteiger partial charge >= 0.3 is 0 Å². The zero-order valence-electron chi connectivity index (χ0n) is 16.5. The monoisotopic (exact) mass is 422 g/mol. The molecule has 152 valence electrons. The summed E-state index contributed by atoms with van der Waals surface area (Å²) in [6, 6.07) is 0. The lowest BCUT2D eigenvalue weighted by Crippen LogP contribution is -2.35. The smallest absolute Gasteiger partial charge is 0.233 e. The number of aromatic nitrogens is 4. The van der Waals surface area contributed by atoms with Gasteiger partial charge in [-0.1, -0.05) is 25.6 Å². The number of hydrogen-bond donors (Lipinski definition) is 1. The SMILES string of the molecule is Cc1csc(SCC(=O)N2CCc3nnc(CCNC(=O)C(C)C)n3CC2)n1. The second kappa shape index (κ2) is 9.51. The number of hydrogen-bond acceptors (Lipinski definition) is 7. The normalized spacial score (nSPS) is 14.1. The summed E-state index contributed by atoms with van der Waals surface area (Å²) in [5.41, 5.74) is 0.991. The lowest BCUT2D eigenvalue weighted by Gasteiger charge is -2.19. The molecule has 8 nitrogen and oxygen atoms in total. The summed E-state index contributed by atoms with van der Waals surface area (Å²) in [6.07, 6.45) is 1.33. The molecule has 0 saturated carbocycles. The summed E-state index contributed by atoms with van der Waals surface area (Å²) in [6.45, 7) is 8.23. The summed E-state index contributed by atoms with van der Waals surface area (Å²) >= 11 is 3.07. The van der Waals surface area contributed by atoms with Crippen LogP contribution in [0.3, 0.4) is 0 Å². The van der Waals surface area contributed by atoms with Crippen molar-refractivity contribution in [1.29, 1.82) is 0 Å². The van der Waals surface area contributed by atoms with Crippen molar-refractivity contribution in [3.05, 3.63) is 22.7 Å². The molecular formula is C18H26N6O2S2. The minimum Gasteiger partial charge on any atom is -0.355 e. The van der Waals surface area contributed by atoms with E-state index in [0.29, 0.717) is 44.8 Å². The molecule has 1 aliphatic heterocycles. The van der Waals surface area contributed by atoms with Crippen LogP contribution in [-0.4, -0.2) is 61.8 Å². The quantitative estimate of drug-likeness (QED) is 0.681. The van der Waals surface area contributed by atoms with Gasteiger partial charge in [-0.2, -0.15) is 0 Å². The Hall–Kier alpha value is -1.94. The highest BCUT2D eigenvalue weighted by Gasteiger charge is 2.22. The number of amides is 2. The van der Waals surface area contributed by atoms with Crippen molar-refractivity contribution in [2.45, 2.75) is 44.5 Å². The largest absolute Gasteiger partial charge is 0.355 e. The predicted octanol–water partition coefficient (Wildman–Crippen LogP) is 1.53. The van der Waals surface area contributed by atoms with Crippen LogP contribution in [0.1, 0.15) is 31.2 Å². The topological polar surface area (TPSA) is 93.0 Å². The van der Waals surface area contributed by atoms with E-state index in [2.05, 4.69) is 25.1 Å². The number of rotatable bonds is 7. The maximum atomic E-state index is 12.6. The Morgan fingerprint density at radius 3 is 2.82 bits per heavy atom. The van der Waals surface area contributed by atoms with Gasteiger partial charge in [0.05, 0.1) is 5.75 Å². The van der Waals surface area contributed by atoms with Crippen molar-refractivity contribution in [1.82, 2.24) is 30.0 Å². The van der Waals surface area contributed by atoms with Gasteiger partial charge in [0, 0.05) is 56.0 Å². The fraction of sp³-hybridized carbons (Fsp3) is 0.611. The number of thiazole rings is 1. The summed E-state index contributed by atoms with van der Waals surface area (Å²) in [4.78, 5) is 30.6. The molecule has 2 aromatic rings. The van der Waals surface area contributed by atoms with E-state index in [1.165, 1.54) is 11.8 Å². The van der Waals surface area contributed by atoms with E-state index in [0.717, 1.165) is 21.7 Å². The van der Waals surface area contributed by atoms with E-state index in [1.54, 1.807) is 11.3 Å². The Balaban J connectivity index is 1.51. The first-order chi connectivity index (χ1) is 13.4. The van der Waals surface area contributed by atoms with E-state index in [9.17, 15) is 9.59 Å². The predicted molar refractivity (Wildman–Crippen MR) is 109 cm³/mol. The average molecular weight is 423 g/mol. The summed E-state index contributed by atoms with van der Waals surface area (Å²) < 4.78 is 3.02. The highest BCUT2D eigenvalue weighted by molar-refractivity contribution is 8.01. The van der Waals surface area contributed by atoms with Crippen LogP contribution in [0.25, 0.3) is 0 Å². The van der Waals surface area contributed by atoms with Crippen molar-refractivity contribution in [3.8, 4) is 0 Å². The first kappa shape index (κ1) is 20.8. The first-order valence-corrected chi connectivity index (χ1v) is 11.3. The van der Waals surface area contributed by atoms with Crippen molar-refractivity contribution in [2.75, 3.05) is 25.4 Å². The highest BCUT2D eigenvalue weighted by atomic mass is 32.2. The van der Waals surface area contributed by atoms with Gasteiger partial charge in [0.2, 0.25) is 11.8 Å². The maximum Gasteiger partial charge on any atom is 0.233 e. The Bertz CT molecular complexity index is 832. The molecule has 1 aliphatic rings. The molecule has 2 aromatic heterocycles. The zero-order valence-corrected chi connectivity index (χ0v) is 18.1. The molecule has 2 amide bonds. The number of thioether (sulfide) groups is 1. The van der Waals surface area contributed by atoms with E-state index >= 15 is 0 Å². The first-order valence-electron chi connectivity index (χ1n) is 9.45. The number of carbonyl (C=O) groups is 2. The third-order valence-electron chi connectivity index (χ3n) is 4.54. The molecule has 0 unspecified atom stereocenters. The fourth-order valence-corrected chi connectivity index (χ4v) is 4.68. The maximum absolute atomic E-state index is 12.6. The number of nitrogens with zero attached hydrogens (tertiary/aromatic N) is 5. The molecule has 28 heavy (non-hydrogen) atoms. The molecule has 0 fully saturated rings. The van der Waals surface area contributed by atoms with E-state index in [1.807, 2.05) is 31.1 Å². The Morgan fingerprint density at radius 1 is 1.29 bits per heavy atom. The van der Waals surface area contributed by atoms with Gasteiger partial charge in [0.15, 0.2) is 4.34 Å². The molecule has 0 spiro atoms. The van der Waals surface area contributed by atoms with Crippen molar-refractivity contribution in [2.24, 2.45) is 5.92 Å².